The summed E-state index contributed by atoms with van der Waals surface area (Å²) in [5.74, 6) is 1.28. The Morgan fingerprint density at radius 3 is 2.21 bits per heavy atom. The van der Waals surface area contributed by atoms with Crippen molar-refractivity contribution in [1.29, 1.82) is 0 Å². The van der Waals surface area contributed by atoms with Gasteiger partial charge >= 0.3 is 5.97 Å². The van der Waals surface area contributed by atoms with E-state index in [1.807, 2.05) is 0 Å². The summed E-state index contributed by atoms with van der Waals surface area (Å²) in [4.78, 5) is 11.4. The van der Waals surface area contributed by atoms with Crippen LogP contribution < -0.4 is 14.8 Å². The maximum atomic E-state index is 11.4. The van der Waals surface area contributed by atoms with Gasteiger partial charge in [-0.05, 0) is 43.3 Å². The molecular weight excluding hydrogens is 353 g/mol. The highest BCUT2D eigenvalue weighted by Crippen LogP contribution is 2.39. The molecule has 0 amide bonds. The molecule has 2 rings (SSSR count). The van der Waals surface area contributed by atoms with Crippen LogP contribution in [0.4, 0.5) is 5.69 Å². The Morgan fingerprint density at radius 1 is 1.08 bits per heavy atom. The van der Waals surface area contributed by atoms with Gasteiger partial charge in [0, 0.05) is 5.69 Å². The van der Waals surface area contributed by atoms with Gasteiger partial charge in [0.05, 0.1) is 23.8 Å². The molecule has 0 aliphatic heterocycles. The Balaban J connectivity index is 2.09. The lowest BCUT2D eigenvalue weighted by atomic mass is 10.3. The third kappa shape index (κ3) is 4.94. The first-order valence-corrected chi connectivity index (χ1v) is 7.99. The maximum Gasteiger partial charge on any atom is 0.325 e. The molecule has 7 heteroatoms. The van der Waals surface area contributed by atoms with Crippen LogP contribution in [0.25, 0.3) is 0 Å². The van der Waals surface area contributed by atoms with Gasteiger partial charge in [-0.25, -0.2) is 0 Å². The van der Waals surface area contributed by atoms with Crippen molar-refractivity contribution >= 4 is 34.9 Å². The number of hydrogen-bond donors (Lipinski definition) is 1. The predicted octanol–water partition coefficient (Wildman–Crippen LogP) is 4.77. The van der Waals surface area contributed by atoms with Crippen LogP contribution in [-0.2, 0) is 9.53 Å². The van der Waals surface area contributed by atoms with Gasteiger partial charge in [0.1, 0.15) is 18.0 Å². The number of halogens is 2. The molecule has 0 saturated carbocycles. The van der Waals surface area contributed by atoms with Gasteiger partial charge in [-0.3, -0.25) is 4.79 Å². The largest absolute Gasteiger partial charge is 0.497 e. The van der Waals surface area contributed by atoms with E-state index >= 15 is 0 Å². The van der Waals surface area contributed by atoms with E-state index in [0.717, 1.165) is 5.75 Å². The van der Waals surface area contributed by atoms with Crippen molar-refractivity contribution in [3.05, 3.63) is 46.4 Å². The normalized spacial score (nSPS) is 10.2. The number of ether oxygens (including phenoxy) is 3. The van der Waals surface area contributed by atoms with Crippen LogP contribution in [0, 0.1) is 0 Å². The average molecular weight is 370 g/mol. The van der Waals surface area contributed by atoms with Crippen molar-refractivity contribution in [1.82, 2.24) is 0 Å². The average Bonchev–Trinajstić information content (AvgIpc) is 2.57. The number of nitrogens with one attached hydrogen (secondary N) is 1. The van der Waals surface area contributed by atoms with E-state index in [-0.39, 0.29) is 12.5 Å². The van der Waals surface area contributed by atoms with E-state index in [1.54, 1.807) is 50.4 Å². The zero-order valence-electron chi connectivity index (χ0n) is 13.3. The van der Waals surface area contributed by atoms with Crippen molar-refractivity contribution in [3.8, 4) is 17.2 Å². The fraction of sp³-hybridized carbons (Fsp3) is 0.235. The second-order valence-corrected chi connectivity index (χ2v) is 5.52. The zero-order valence-corrected chi connectivity index (χ0v) is 14.8. The SMILES string of the molecule is CCOC(=O)CNc1cc(Cl)c(Oc2ccc(OC)cc2)c(Cl)c1. The molecule has 0 aliphatic carbocycles. The smallest absolute Gasteiger partial charge is 0.325 e. The molecule has 1 N–H and O–H groups in total. The Bertz CT molecular complexity index is 681. The molecule has 2 aromatic carbocycles. The van der Waals surface area contributed by atoms with Crippen LogP contribution in [0.15, 0.2) is 36.4 Å². The zero-order chi connectivity index (χ0) is 17.5. The van der Waals surface area contributed by atoms with Crippen molar-refractivity contribution < 1.29 is 19.0 Å². The summed E-state index contributed by atoms with van der Waals surface area (Å²) in [7, 11) is 1.59. The van der Waals surface area contributed by atoms with E-state index in [2.05, 4.69) is 5.32 Å². The van der Waals surface area contributed by atoms with Crippen LogP contribution >= 0.6 is 23.2 Å². The van der Waals surface area contributed by atoms with Crippen LogP contribution in [0.1, 0.15) is 6.92 Å². The lowest BCUT2D eigenvalue weighted by molar-refractivity contribution is -0.140. The highest BCUT2D eigenvalue weighted by atomic mass is 35.5. The molecule has 0 saturated heterocycles. The first-order valence-electron chi connectivity index (χ1n) is 7.24. The lowest BCUT2D eigenvalue weighted by Gasteiger charge is -2.13. The number of benzene rings is 2. The molecule has 0 aliphatic rings. The van der Waals surface area contributed by atoms with Crippen LogP contribution in [0.2, 0.25) is 10.0 Å². The summed E-state index contributed by atoms with van der Waals surface area (Å²) < 4.78 is 15.7. The molecule has 2 aromatic rings. The fourth-order valence-electron chi connectivity index (χ4n) is 1.91. The fourth-order valence-corrected chi connectivity index (χ4v) is 2.47. The molecule has 0 heterocycles. The first kappa shape index (κ1) is 18.2. The first-order chi connectivity index (χ1) is 11.5. The highest BCUT2D eigenvalue weighted by molar-refractivity contribution is 6.37. The summed E-state index contributed by atoms with van der Waals surface area (Å²) in [6, 6.07) is 10.3. The molecule has 0 bridgehead atoms. The van der Waals surface area contributed by atoms with Gasteiger partial charge in [-0.2, -0.15) is 0 Å². The third-order valence-corrected chi connectivity index (χ3v) is 3.58. The summed E-state index contributed by atoms with van der Waals surface area (Å²) in [6.45, 7) is 2.10. The Hall–Kier alpha value is -2.11. The summed E-state index contributed by atoms with van der Waals surface area (Å²) in [5.41, 5.74) is 0.597. The van der Waals surface area contributed by atoms with E-state index in [9.17, 15) is 4.79 Å². The molecule has 5 nitrogen and oxygen atoms in total. The van der Waals surface area contributed by atoms with E-state index in [0.29, 0.717) is 33.8 Å². The molecule has 24 heavy (non-hydrogen) atoms. The number of hydrogen-bond acceptors (Lipinski definition) is 5. The quantitative estimate of drug-likeness (QED) is 0.712. The molecule has 0 atom stereocenters. The third-order valence-electron chi connectivity index (χ3n) is 3.02. The molecule has 0 aromatic heterocycles. The van der Waals surface area contributed by atoms with E-state index in [4.69, 9.17) is 37.4 Å². The molecule has 0 spiro atoms. The van der Waals surface area contributed by atoms with Crippen molar-refractivity contribution in [2.75, 3.05) is 25.6 Å². The van der Waals surface area contributed by atoms with Gasteiger partial charge in [-0.15, -0.1) is 0 Å². The minimum atomic E-state index is -0.358. The Kier molecular flexibility index (Phi) is 6.58. The Labute approximate surface area is 150 Å². The Morgan fingerprint density at radius 2 is 1.67 bits per heavy atom. The minimum absolute atomic E-state index is 0.0270. The van der Waals surface area contributed by atoms with E-state index in [1.165, 1.54) is 0 Å². The van der Waals surface area contributed by atoms with Crippen molar-refractivity contribution in [3.63, 3.8) is 0 Å². The van der Waals surface area contributed by atoms with Gasteiger partial charge in [0.25, 0.3) is 0 Å². The highest BCUT2D eigenvalue weighted by Gasteiger charge is 2.12. The topological polar surface area (TPSA) is 56.8 Å². The molecule has 0 unspecified atom stereocenters. The number of anilines is 1. The lowest BCUT2D eigenvalue weighted by Crippen LogP contribution is -2.16. The number of carbonyl (C=O) groups excluding carboxylic acids is 1. The summed E-state index contributed by atoms with van der Waals surface area (Å²) in [5, 5.41) is 3.55. The minimum Gasteiger partial charge on any atom is -0.497 e. The van der Waals surface area contributed by atoms with Gasteiger partial charge in [-0.1, -0.05) is 23.2 Å². The molecule has 128 valence electrons. The van der Waals surface area contributed by atoms with Gasteiger partial charge in [0.2, 0.25) is 0 Å². The van der Waals surface area contributed by atoms with Crippen molar-refractivity contribution in [2.24, 2.45) is 0 Å². The van der Waals surface area contributed by atoms with Crippen LogP contribution in [-0.4, -0.2) is 26.2 Å². The molecule has 0 fully saturated rings. The predicted molar refractivity (Wildman–Crippen MR) is 94.7 cm³/mol. The maximum absolute atomic E-state index is 11.4. The van der Waals surface area contributed by atoms with E-state index < -0.39 is 0 Å². The number of esters is 1. The monoisotopic (exact) mass is 369 g/mol. The number of rotatable bonds is 7. The van der Waals surface area contributed by atoms with Gasteiger partial charge in [0.15, 0.2) is 5.75 Å². The van der Waals surface area contributed by atoms with Gasteiger partial charge < -0.3 is 19.5 Å². The molecule has 0 radical (unpaired) electrons. The van der Waals surface area contributed by atoms with Crippen LogP contribution in [0.3, 0.4) is 0 Å². The van der Waals surface area contributed by atoms with Crippen molar-refractivity contribution in [2.45, 2.75) is 6.92 Å². The summed E-state index contributed by atoms with van der Waals surface area (Å²) in [6.07, 6.45) is 0. The summed E-state index contributed by atoms with van der Waals surface area (Å²) >= 11 is 12.5. The number of methoxy groups -OCH3 is 1. The number of carbonyl (C=O) groups is 1. The molecular formula is C17H17Cl2NO4. The second-order valence-electron chi connectivity index (χ2n) is 4.71. The van der Waals surface area contributed by atoms with Crippen LogP contribution in [0.5, 0.6) is 17.2 Å². The standard InChI is InChI=1S/C17H17Cl2NO4/c1-3-23-16(21)10-20-11-8-14(18)17(15(19)9-11)24-13-6-4-12(22-2)5-7-13/h4-9,20H,3,10H2,1-2H3. The second kappa shape index (κ2) is 8.66.